The van der Waals surface area contributed by atoms with E-state index in [2.05, 4.69) is 24.5 Å². The van der Waals surface area contributed by atoms with E-state index in [0.717, 1.165) is 16.8 Å². The summed E-state index contributed by atoms with van der Waals surface area (Å²) >= 11 is 0. The number of anilines is 1. The van der Waals surface area contributed by atoms with Crippen LogP contribution in [0.4, 0.5) is 10.5 Å². The lowest BCUT2D eigenvalue weighted by atomic mass is 9.98. The highest BCUT2D eigenvalue weighted by Crippen LogP contribution is 2.28. The van der Waals surface area contributed by atoms with Gasteiger partial charge in [-0.15, -0.1) is 0 Å². The molecule has 0 saturated heterocycles. The fraction of sp³-hybridized carbons (Fsp3) is 0.381. The van der Waals surface area contributed by atoms with Crippen molar-refractivity contribution in [1.82, 2.24) is 5.32 Å². The Bertz CT molecular complexity index is 753. The molecule has 0 aliphatic rings. The van der Waals surface area contributed by atoms with E-state index in [4.69, 9.17) is 14.2 Å². The lowest BCUT2D eigenvalue weighted by molar-refractivity contribution is 0.247. The SMILES string of the molecule is COc1cc(OC)cc(OCCNC(=O)Nc2c(C)cccc2C(C)C)c1. The smallest absolute Gasteiger partial charge is 0.319 e. The summed E-state index contributed by atoms with van der Waals surface area (Å²) in [6.07, 6.45) is 0. The molecule has 0 aromatic heterocycles. The summed E-state index contributed by atoms with van der Waals surface area (Å²) in [4.78, 5) is 12.2. The molecule has 0 saturated carbocycles. The fourth-order valence-corrected chi connectivity index (χ4v) is 2.70. The van der Waals surface area contributed by atoms with E-state index >= 15 is 0 Å². The molecule has 0 heterocycles. The van der Waals surface area contributed by atoms with E-state index in [9.17, 15) is 4.79 Å². The average molecular weight is 372 g/mol. The minimum Gasteiger partial charge on any atom is -0.496 e. The van der Waals surface area contributed by atoms with Gasteiger partial charge in [-0.3, -0.25) is 0 Å². The highest BCUT2D eigenvalue weighted by molar-refractivity contribution is 5.91. The zero-order chi connectivity index (χ0) is 19.8. The average Bonchev–Trinajstić information content (AvgIpc) is 2.66. The first-order valence-corrected chi connectivity index (χ1v) is 8.94. The van der Waals surface area contributed by atoms with Gasteiger partial charge in [-0.2, -0.15) is 0 Å². The maximum Gasteiger partial charge on any atom is 0.319 e. The van der Waals surface area contributed by atoms with E-state index in [0.29, 0.717) is 36.3 Å². The number of carbonyl (C=O) groups is 1. The van der Waals surface area contributed by atoms with Crippen LogP contribution in [-0.4, -0.2) is 33.4 Å². The van der Waals surface area contributed by atoms with Crippen LogP contribution in [0.2, 0.25) is 0 Å². The van der Waals surface area contributed by atoms with Gasteiger partial charge in [0.2, 0.25) is 0 Å². The predicted octanol–water partition coefficient (Wildman–Crippen LogP) is 4.34. The van der Waals surface area contributed by atoms with Gasteiger partial charge < -0.3 is 24.8 Å². The fourth-order valence-electron chi connectivity index (χ4n) is 2.70. The quantitative estimate of drug-likeness (QED) is 0.677. The predicted molar refractivity (Wildman–Crippen MR) is 107 cm³/mol. The summed E-state index contributed by atoms with van der Waals surface area (Å²) in [6.45, 7) is 6.89. The van der Waals surface area contributed by atoms with Gasteiger partial charge in [-0.1, -0.05) is 32.0 Å². The Kier molecular flexibility index (Phi) is 7.34. The largest absolute Gasteiger partial charge is 0.496 e. The number of aryl methyl sites for hydroxylation is 1. The summed E-state index contributed by atoms with van der Waals surface area (Å²) in [5.74, 6) is 2.24. The van der Waals surface area contributed by atoms with Crippen molar-refractivity contribution in [2.75, 3.05) is 32.7 Å². The minimum absolute atomic E-state index is 0.252. The zero-order valence-corrected chi connectivity index (χ0v) is 16.6. The molecule has 0 atom stereocenters. The Morgan fingerprint density at radius 3 is 2.26 bits per heavy atom. The van der Waals surface area contributed by atoms with Gasteiger partial charge in [0.05, 0.1) is 20.8 Å². The molecule has 27 heavy (non-hydrogen) atoms. The third-order valence-electron chi connectivity index (χ3n) is 4.15. The van der Waals surface area contributed by atoms with E-state index in [1.165, 1.54) is 0 Å². The van der Waals surface area contributed by atoms with E-state index in [1.54, 1.807) is 32.4 Å². The summed E-state index contributed by atoms with van der Waals surface area (Å²) in [7, 11) is 3.17. The van der Waals surface area contributed by atoms with Gasteiger partial charge in [0.1, 0.15) is 23.9 Å². The van der Waals surface area contributed by atoms with Gasteiger partial charge in [0.15, 0.2) is 0 Å². The van der Waals surface area contributed by atoms with E-state index in [-0.39, 0.29) is 6.03 Å². The number of hydrogen-bond donors (Lipinski definition) is 2. The number of para-hydroxylation sites is 1. The second kappa shape index (κ2) is 9.71. The molecule has 0 aliphatic heterocycles. The number of ether oxygens (including phenoxy) is 3. The van der Waals surface area contributed by atoms with Crippen molar-refractivity contribution in [2.45, 2.75) is 26.7 Å². The third-order valence-corrected chi connectivity index (χ3v) is 4.15. The Morgan fingerprint density at radius 2 is 1.67 bits per heavy atom. The van der Waals surface area contributed by atoms with Crippen molar-refractivity contribution in [3.63, 3.8) is 0 Å². The van der Waals surface area contributed by atoms with Gasteiger partial charge in [0.25, 0.3) is 0 Å². The number of methoxy groups -OCH3 is 2. The molecule has 2 amide bonds. The summed E-state index contributed by atoms with van der Waals surface area (Å²) < 4.78 is 16.1. The van der Waals surface area contributed by atoms with Gasteiger partial charge in [-0.25, -0.2) is 4.79 Å². The number of hydrogen-bond acceptors (Lipinski definition) is 4. The Morgan fingerprint density at radius 1 is 1.04 bits per heavy atom. The van der Waals surface area contributed by atoms with Crippen molar-refractivity contribution >= 4 is 11.7 Å². The van der Waals surface area contributed by atoms with Gasteiger partial charge in [-0.05, 0) is 24.0 Å². The van der Waals surface area contributed by atoms with Crippen LogP contribution in [0.25, 0.3) is 0 Å². The Hall–Kier alpha value is -2.89. The van der Waals surface area contributed by atoms with Crippen LogP contribution < -0.4 is 24.8 Å². The van der Waals surface area contributed by atoms with Crippen LogP contribution in [0, 0.1) is 6.92 Å². The van der Waals surface area contributed by atoms with Crippen LogP contribution in [0.5, 0.6) is 17.2 Å². The third kappa shape index (κ3) is 5.81. The lowest BCUT2D eigenvalue weighted by Crippen LogP contribution is -2.32. The zero-order valence-electron chi connectivity index (χ0n) is 16.6. The first-order chi connectivity index (χ1) is 12.9. The Labute approximate surface area is 160 Å². The second-order valence-corrected chi connectivity index (χ2v) is 6.47. The monoisotopic (exact) mass is 372 g/mol. The second-order valence-electron chi connectivity index (χ2n) is 6.47. The maximum atomic E-state index is 12.2. The van der Waals surface area contributed by atoms with E-state index in [1.807, 2.05) is 25.1 Å². The lowest BCUT2D eigenvalue weighted by Gasteiger charge is -2.17. The molecule has 0 spiro atoms. The number of nitrogens with one attached hydrogen (secondary N) is 2. The molecular weight excluding hydrogens is 344 g/mol. The van der Waals surface area contributed by atoms with Crippen molar-refractivity contribution in [3.05, 3.63) is 47.5 Å². The minimum atomic E-state index is -0.252. The molecule has 6 nitrogen and oxygen atoms in total. The summed E-state index contributed by atoms with van der Waals surface area (Å²) in [5.41, 5.74) is 3.02. The number of urea groups is 1. The first kappa shape index (κ1) is 20.4. The van der Waals surface area contributed by atoms with Crippen LogP contribution in [0.15, 0.2) is 36.4 Å². The molecule has 0 unspecified atom stereocenters. The molecule has 146 valence electrons. The first-order valence-electron chi connectivity index (χ1n) is 8.94. The van der Waals surface area contributed by atoms with Crippen LogP contribution in [0.1, 0.15) is 30.9 Å². The molecule has 2 N–H and O–H groups in total. The van der Waals surface area contributed by atoms with Crippen molar-refractivity contribution in [2.24, 2.45) is 0 Å². The number of carbonyl (C=O) groups excluding carboxylic acids is 1. The molecule has 0 bridgehead atoms. The highest BCUT2D eigenvalue weighted by atomic mass is 16.5. The molecule has 0 aliphatic carbocycles. The van der Waals surface area contributed by atoms with Gasteiger partial charge in [0, 0.05) is 23.9 Å². The van der Waals surface area contributed by atoms with Crippen LogP contribution in [-0.2, 0) is 0 Å². The van der Waals surface area contributed by atoms with Crippen molar-refractivity contribution in [3.8, 4) is 17.2 Å². The van der Waals surface area contributed by atoms with Gasteiger partial charge >= 0.3 is 6.03 Å². The number of rotatable bonds is 8. The summed E-state index contributed by atoms with van der Waals surface area (Å²) in [6, 6.07) is 11.1. The molecule has 2 aromatic carbocycles. The van der Waals surface area contributed by atoms with E-state index < -0.39 is 0 Å². The number of benzene rings is 2. The van der Waals surface area contributed by atoms with Crippen molar-refractivity contribution < 1.29 is 19.0 Å². The molecular formula is C21H28N2O4. The van der Waals surface area contributed by atoms with Crippen LogP contribution >= 0.6 is 0 Å². The van der Waals surface area contributed by atoms with Crippen LogP contribution in [0.3, 0.4) is 0 Å². The topological polar surface area (TPSA) is 68.8 Å². The highest BCUT2D eigenvalue weighted by Gasteiger charge is 2.11. The molecule has 2 rings (SSSR count). The van der Waals surface area contributed by atoms with Crippen molar-refractivity contribution in [1.29, 1.82) is 0 Å². The molecule has 2 aromatic rings. The normalized spacial score (nSPS) is 10.4. The molecule has 0 fully saturated rings. The summed E-state index contributed by atoms with van der Waals surface area (Å²) in [5, 5.41) is 5.76. The molecule has 6 heteroatoms. The maximum absolute atomic E-state index is 12.2. The number of amides is 2. The Balaban J connectivity index is 1.87. The standard InChI is InChI=1S/C21H28N2O4/c1-14(2)19-8-6-7-15(3)20(19)23-21(24)22-9-10-27-18-12-16(25-4)11-17(13-18)26-5/h6-8,11-14H,9-10H2,1-5H3,(H2,22,23,24). The molecule has 0 radical (unpaired) electrons.